The number of alkyl halides is 3. The highest BCUT2D eigenvalue weighted by atomic mass is 19.4. The van der Waals surface area contributed by atoms with E-state index in [0.29, 0.717) is 6.54 Å². The SMILES string of the molecule is CCNCCN(CC)Cc1ccc(C(F)(F)F)cc1. The minimum Gasteiger partial charge on any atom is -0.316 e. The zero-order valence-corrected chi connectivity index (χ0v) is 11.4. The zero-order chi connectivity index (χ0) is 14.3. The minimum absolute atomic E-state index is 0.591. The first-order chi connectivity index (χ1) is 8.97. The molecule has 0 atom stereocenters. The summed E-state index contributed by atoms with van der Waals surface area (Å²) in [6.45, 7) is 8.38. The van der Waals surface area contributed by atoms with Gasteiger partial charge in [-0.05, 0) is 30.8 Å². The summed E-state index contributed by atoms with van der Waals surface area (Å²) in [6, 6.07) is 5.40. The first kappa shape index (κ1) is 16.0. The monoisotopic (exact) mass is 274 g/mol. The van der Waals surface area contributed by atoms with Crippen molar-refractivity contribution in [2.45, 2.75) is 26.6 Å². The lowest BCUT2D eigenvalue weighted by Crippen LogP contribution is -2.31. The second-order valence-electron chi connectivity index (χ2n) is 4.42. The van der Waals surface area contributed by atoms with Gasteiger partial charge in [0.2, 0.25) is 0 Å². The van der Waals surface area contributed by atoms with Crippen LogP contribution >= 0.6 is 0 Å². The maximum Gasteiger partial charge on any atom is 0.416 e. The van der Waals surface area contributed by atoms with E-state index in [1.54, 1.807) is 12.1 Å². The van der Waals surface area contributed by atoms with Crippen molar-refractivity contribution in [1.82, 2.24) is 10.2 Å². The quantitative estimate of drug-likeness (QED) is 0.768. The maximum atomic E-state index is 12.4. The fourth-order valence-electron chi connectivity index (χ4n) is 1.82. The van der Waals surface area contributed by atoms with Crippen LogP contribution in [0.15, 0.2) is 24.3 Å². The number of rotatable bonds is 7. The molecule has 1 N–H and O–H groups in total. The van der Waals surface area contributed by atoms with E-state index in [2.05, 4.69) is 17.1 Å². The molecule has 0 amide bonds. The zero-order valence-electron chi connectivity index (χ0n) is 11.4. The van der Waals surface area contributed by atoms with Gasteiger partial charge in [-0.2, -0.15) is 13.2 Å². The molecule has 0 unspecified atom stereocenters. The Hall–Kier alpha value is -1.07. The fraction of sp³-hybridized carbons (Fsp3) is 0.571. The molecular formula is C14H21F3N2. The van der Waals surface area contributed by atoms with E-state index < -0.39 is 11.7 Å². The average Bonchev–Trinajstić information content (AvgIpc) is 2.37. The van der Waals surface area contributed by atoms with Crippen LogP contribution < -0.4 is 5.32 Å². The van der Waals surface area contributed by atoms with Crippen LogP contribution in [0.5, 0.6) is 0 Å². The third-order valence-electron chi connectivity index (χ3n) is 2.99. The lowest BCUT2D eigenvalue weighted by molar-refractivity contribution is -0.137. The lowest BCUT2D eigenvalue weighted by Gasteiger charge is -2.20. The molecule has 2 nitrogen and oxygen atoms in total. The Kier molecular flexibility index (Phi) is 6.31. The van der Waals surface area contributed by atoms with E-state index in [4.69, 9.17) is 0 Å². The normalized spacial score (nSPS) is 12.1. The van der Waals surface area contributed by atoms with Gasteiger partial charge in [0.15, 0.2) is 0 Å². The first-order valence-corrected chi connectivity index (χ1v) is 6.56. The Bertz CT molecular complexity index is 360. The predicted octanol–water partition coefficient (Wildman–Crippen LogP) is 3.14. The summed E-state index contributed by atoms with van der Waals surface area (Å²) >= 11 is 0. The highest BCUT2D eigenvalue weighted by Gasteiger charge is 2.29. The molecule has 0 bridgehead atoms. The molecule has 5 heteroatoms. The molecule has 19 heavy (non-hydrogen) atoms. The van der Waals surface area contributed by atoms with Gasteiger partial charge in [0.1, 0.15) is 0 Å². The molecule has 0 radical (unpaired) electrons. The second kappa shape index (κ2) is 7.50. The van der Waals surface area contributed by atoms with Crippen LogP contribution in [-0.2, 0) is 12.7 Å². The first-order valence-electron chi connectivity index (χ1n) is 6.56. The summed E-state index contributed by atoms with van der Waals surface area (Å²) in [4.78, 5) is 2.20. The van der Waals surface area contributed by atoms with Crippen molar-refractivity contribution in [3.05, 3.63) is 35.4 Å². The minimum atomic E-state index is -4.26. The van der Waals surface area contributed by atoms with Crippen LogP contribution in [0, 0.1) is 0 Å². The van der Waals surface area contributed by atoms with Gasteiger partial charge in [-0.3, -0.25) is 4.90 Å². The number of benzene rings is 1. The largest absolute Gasteiger partial charge is 0.416 e. The van der Waals surface area contributed by atoms with Crippen LogP contribution in [-0.4, -0.2) is 31.1 Å². The molecule has 1 aromatic rings. The molecule has 108 valence electrons. The van der Waals surface area contributed by atoms with Crippen LogP contribution in [0.2, 0.25) is 0 Å². The maximum absolute atomic E-state index is 12.4. The van der Waals surface area contributed by atoms with Crippen molar-refractivity contribution in [2.24, 2.45) is 0 Å². The molecule has 0 saturated heterocycles. The molecule has 1 aromatic carbocycles. The van der Waals surface area contributed by atoms with Gasteiger partial charge in [-0.1, -0.05) is 26.0 Å². The lowest BCUT2D eigenvalue weighted by atomic mass is 10.1. The number of halogens is 3. The Balaban J connectivity index is 2.55. The topological polar surface area (TPSA) is 15.3 Å². The van der Waals surface area contributed by atoms with E-state index in [1.165, 1.54) is 0 Å². The van der Waals surface area contributed by atoms with Crippen molar-refractivity contribution in [3.63, 3.8) is 0 Å². The summed E-state index contributed by atoms with van der Waals surface area (Å²) < 4.78 is 37.3. The smallest absolute Gasteiger partial charge is 0.316 e. The number of nitrogens with zero attached hydrogens (tertiary/aromatic N) is 1. The van der Waals surface area contributed by atoms with E-state index >= 15 is 0 Å². The van der Waals surface area contributed by atoms with Gasteiger partial charge >= 0.3 is 6.18 Å². The van der Waals surface area contributed by atoms with Crippen molar-refractivity contribution in [1.29, 1.82) is 0 Å². The molecule has 0 aliphatic heterocycles. The number of hydrogen-bond donors (Lipinski definition) is 1. The van der Waals surface area contributed by atoms with Crippen molar-refractivity contribution < 1.29 is 13.2 Å². The average molecular weight is 274 g/mol. The Labute approximate surface area is 112 Å². The van der Waals surface area contributed by atoms with Gasteiger partial charge in [-0.25, -0.2) is 0 Å². The fourth-order valence-corrected chi connectivity index (χ4v) is 1.82. The molecule has 0 aliphatic carbocycles. The van der Waals surface area contributed by atoms with E-state index in [0.717, 1.165) is 43.9 Å². The molecule has 0 fully saturated rings. The summed E-state index contributed by atoms with van der Waals surface area (Å²) in [7, 11) is 0. The molecule has 0 heterocycles. The van der Waals surface area contributed by atoms with Gasteiger partial charge in [-0.15, -0.1) is 0 Å². The van der Waals surface area contributed by atoms with Gasteiger partial charge in [0, 0.05) is 19.6 Å². The third-order valence-corrected chi connectivity index (χ3v) is 2.99. The highest BCUT2D eigenvalue weighted by molar-refractivity contribution is 5.24. The molecule has 0 aliphatic rings. The summed E-state index contributed by atoms with van der Waals surface area (Å²) in [5, 5.41) is 3.24. The van der Waals surface area contributed by atoms with Crippen molar-refractivity contribution in [3.8, 4) is 0 Å². The van der Waals surface area contributed by atoms with Gasteiger partial charge in [0.05, 0.1) is 5.56 Å². The van der Waals surface area contributed by atoms with E-state index in [-0.39, 0.29) is 0 Å². The number of nitrogens with one attached hydrogen (secondary N) is 1. The van der Waals surface area contributed by atoms with Crippen LogP contribution in [0.25, 0.3) is 0 Å². The summed E-state index contributed by atoms with van der Waals surface area (Å²) in [5.74, 6) is 0. The molecule has 0 spiro atoms. The third kappa shape index (κ3) is 5.61. The van der Waals surface area contributed by atoms with Crippen LogP contribution in [0.1, 0.15) is 25.0 Å². The van der Waals surface area contributed by atoms with Gasteiger partial charge in [0.25, 0.3) is 0 Å². The van der Waals surface area contributed by atoms with Crippen LogP contribution in [0.4, 0.5) is 13.2 Å². The predicted molar refractivity (Wildman–Crippen MR) is 70.9 cm³/mol. The molecular weight excluding hydrogens is 253 g/mol. The van der Waals surface area contributed by atoms with Crippen molar-refractivity contribution in [2.75, 3.05) is 26.2 Å². The Morgan fingerprint density at radius 2 is 1.74 bits per heavy atom. The molecule has 0 saturated carbocycles. The number of hydrogen-bond acceptors (Lipinski definition) is 2. The standard InChI is InChI=1S/C14H21F3N2/c1-3-18-9-10-19(4-2)11-12-5-7-13(8-6-12)14(15,16)17/h5-8,18H,3-4,9-11H2,1-2H3. The van der Waals surface area contributed by atoms with E-state index in [9.17, 15) is 13.2 Å². The molecule has 0 aromatic heterocycles. The summed E-state index contributed by atoms with van der Waals surface area (Å²) in [5.41, 5.74) is 0.318. The molecule has 1 rings (SSSR count). The van der Waals surface area contributed by atoms with E-state index in [1.807, 2.05) is 6.92 Å². The second-order valence-corrected chi connectivity index (χ2v) is 4.42. The van der Waals surface area contributed by atoms with Crippen molar-refractivity contribution >= 4 is 0 Å². The highest BCUT2D eigenvalue weighted by Crippen LogP contribution is 2.29. The Morgan fingerprint density at radius 1 is 1.11 bits per heavy atom. The number of likely N-dealkylation sites (N-methyl/N-ethyl adjacent to an activating group) is 2. The van der Waals surface area contributed by atoms with Gasteiger partial charge < -0.3 is 5.32 Å². The van der Waals surface area contributed by atoms with Crippen LogP contribution in [0.3, 0.4) is 0 Å². The summed E-state index contributed by atoms with van der Waals surface area (Å²) in [6.07, 6.45) is -4.26. The Morgan fingerprint density at radius 3 is 2.21 bits per heavy atom.